The van der Waals surface area contributed by atoms with Crippen LogP contribution in [0.15, 0.2) is 83.8 Å². The van der Waals surface area contributed by atoms with Crippen LogP contribution >= 0.6 is 0 Å². The summed E-state index contributed by atoms with van der Waals surface area (Å²) < 4.78 is 26.9. The summed E-state index contributed by atoms with van der Waals surface area (Å²) in [6.07, 6.45) is -0.159. The van der Waals surface area contributed by atoms with E-state index in [-0.39, 0.29) is 17.1 Å². The molecular formula is C23H21N3O3S. The number of carbonyl (C=O) groups excluding carboxylic acids is 1. The second-order valence-electron chi connectivity index (χ2n) is 7.03. The topological polar surface area (TPSA) is 81.1 Å². The summed E-state index contributed by atoms with van der Waals surface area (Å²) in [6.45, 7) is 1.89. The number of imidazole rings is 1. The fourth-order valence-electron chi connectivity index (χ4n) is 3.23. The Labute approximate surface area is 175 Å². The first-order chi connectivity index (χ1) is 14.4. The fourth-order valence-corrected chi connectivity index (χ4v) is 4.47. The molecule has 0 bridgehead atoms. The summed E-state index contributed by atoms with van der Waals surface area (Å²) in [5.74, 6) is -0.314. The van der Waals surface area contributed by atoms with Crippen molar-refractivity contribution in [3.63, 3.8) is 0 Å². The van der Waals surface area contributed by atoms with E-state index in [0.29, 0.717) is 5.95 Å². The maximum Gasteiger partial charge on any atom is 0.227 e. The Bertz CT molecular complexity index is 1290. The van der Waals surface area contributed by atoms with Crippen LogP contribution in [0.5, 0.6) is 0 Å². The van der Waals surface area contributed by atoms with Gasteiger partial charge in [-0.2, -0.15) is 0 Å². The van der Waals surface area contributed by atoms with Gasteiger partial charge in [0.05, 0.1) is 21.7 Å². The average Bonchev–Trinajstić information content (AvgIpc) is 3.11. The van der Waals surface area contributed by atoms with Crippen LogP contribution in [0.2, 0.25) is 0 Å². The molecule has 30 heavy (non-hydrogen) atoms. The maximum atomic E-state index is 12.6. The number of hydrogen-bond donors (Lipinski definition) is 1. The van der Waals surface area contributed by atoms with E-state index in [4.69, 9.17) is 0 Å². The molecular weight excluding hydrogens is 398 g/mol. The molecule has 152 valence electrons. The molecule has 7 heteroatoms. The lowest BCUT2D eigenvalue weighted by Gasteiger charge is -2.10. The number of aryl methyl sites for hydroxylation is 1. The summed E-state index contributed by atoms with van der Waals surface area (Å²) in [7, 11) is -3.54. The van der Waals surface area contributed by atoms with E-state index in [9.17, 15) is 13.2 Å². The zero-order valence-corrected chi connectivity index (χ0v) is 17.3. The van der Waals surface area contributed by atoms with Crippen LogP contribution in [0.25, 0.3) is 16.7 Å². The van der Waals surface area contributed by atoms with Crippen molar-refractivity contribution in [2.75, 3.05) is 11.1 Å². The van der Waals surface area contributed by atoms with Crippen molar-refractivity contribution in [2.45, 2.75) is 18.2 Å². The van der Waals surface area contributed by atoms with Crippen molar-refractivity contribution in [3.05, 3.63) is 84.4 Å². The van der Waals surface area contributed by atoms with Gasteiger partial charge in [-0.25, -0.2) is 13.4 Å². The zero-order valence-electron chi connectivity index (χ0n) is 16.4. The van der Waals surface area contributed by atoms with Crippen LogP contribution in [0.3, 0.4) is 0 Å². The van der Waals surface area contributed by atoms with Gasteiger partial charge in [0.25, 0.3) is 0 Å². The number of aromatic nitrogens is 2. The van der Waals surface area contributed by atoms with E-state index in [1.807, 2.05) is 66.1 Å². The largest absolute Gasteiger partial charge is 0.296 e. The van der Waals surface area contributed by atoms with Gasteiger partial charge in [0.2, 0.25) is 11.9 Å². The number of benzene rings is 3. The van der Waals surface area contributed by atoms with E-state index in [0.717, 1.165) is 22.3 Å². The zero-order chi connectivity index (χ0) is 21.1. The molecule has 0 radical (unpaired) electrons. The highest BCUT2D eigenvalue weighted by atomic mass is 32.2. The number of sulfone groups is 1. The number of rotatable bonds is 6. The van der Waals surface area contributed by atoms with Crippen LogP contribution in [0.4, 0.5) is 5.95 Å². The smallest absolute Gasteiger partial charge is 0.227 e. The highest BCUT2D eigenvalue weighted by Crippen LogP contribution is 2.24. The van der Waals surface area contributed by atoms with E-state index >= 15 is 0 Å². The van der Waals surface area contributed by atoms with Crippen LogP contribution < -0.4 is 5.32 Å². The fraction of sp³-hybridized carbons (Fsp3) is 0.130. The lowest BCUT2D eigenvalue weighted by molar-refractivity contribution is -0.115. The van der Waals surface area contributed by atoms with Crippen LogP contribution in [0.1, 0.15) is 12.0 Å². The third kappa shape index (κ3) is 4.11. The molecule has 4 aromatic rings. The van der Waals surface area contributed by atoms with Crippen LogP contribution in [0, 0.1) is 6.92 Å². The Hall–Kier alpha value is -3.45. The van der Waals surface area contributed by atoms with Crippen molar-refractivity contribution in [1.82, 2.24) is 9.55 Å². The average molecular weight is 420 g/mol. The molecule has 0 aliphatic rings. The number of nitrogens with zero attached hydrogens (tertiary/aromatic N) is 2. The molecule has 1 N–H and O–H groups in total. The molecule has 0 saturated carbocycles. The van der Waals surface area contributed by atoms with Gasteiger partial charge in [-0.3, -0.25) is 14.7 Å². The molecule has 0 unspecified atom stereocenters. The molecule has 0 spiro atoms. The summed E-state index contributed by atoms with van der Waals surface area (Å²) in [6, 6.07) is 23.8. The Morgan fingerprint density at radius 1 is 0.933 bits per heavy atom. The second-order valence-corrected chi connectivity index (χ2v) is 9.13. The van der Waals surface area contributed by atoms with Crippen molar-refractivity contribution in [1.29, 1.82) is 0 Å². The SMILES string of the molecule is Cc1ccc(S(=O)(=O)CCC(=O)Nc2nc3ccccc3n2-c2ccccc2)cc1. The Balaban J connectivity index is 1.56. The van der Waals surface area contributed by atoms with E-state index in [2.05, 4.69) is 10.3 Å². The quantitative estimate of drug-likeness (QED) is 0.509. The van der Waals surface area contributed by atoms with Gasteiger partial charge in [0.15, 0.2) is 9.84 Å². The Kier molecular flexibility index (Phi) is 5.37. The molecule has 1 amide bonds. The highest BCUT2D eigenvalue weighted by Gasteiger charge is 2.19. The summed E-state index contributed by atoms with van der Waals surface area (Å²) >= 11 is 0. The molecule has 0 aliphatic heterocycles. The first-order valence-electron chi connectivity index (χ1n) is 9.56. The Morgan fingerprint density at radius 2 is 1.60 bits per heavy atom. The number of anilines is 1. The summed E-state index contributed by atoms with van der Waals surface area (Å²) in [5, 5.41) is 2.78. The summed E-state index contributed by atoms with van der Waals surface area (Å²) in [5.41, 5.74) is 3.43. The molecule has 0 atom stereocenters. The number of hydrogen-bond acceptors (Lipinski definition) is 4. The predicted octanol–water partition coefficient (Wildman–Crippen LogP) is 4.14. The van der Waals surface area contributed by atoms with Crippen molar-refractivity contribution in [3.8, 4) is 5.69 Å². The third-order valence-corrected chi connectivity index (χ3v) is 6.54. The lowest BCUT2D eigenvalue weighted by Crippen LogP contribution is -2.19. The molecule has 0 aliphatic carbocycles. The number of carbonyl (C=O) groups is 1. The second kappa shape index (κ2) is 8.12. The maximum absolute atomic E-state index is 12.6. The third-order valence-electron chi connectivity index (χ3n) is 4.80. The molecule has 0 saturated heterocycles. The number of nitrogens with one attached hydrogen (secondary N) is 1. The van der Waals surface area contributed by atoms with Gasteiger partial charge in [-0.05, 0) is 43.3 Å². The number of amides is 1. The summed E-state index contributed by atoms with van der Waals surface area (Å²) in [4.78, 5) is 17.3. The predicted molar refractivity (Wildman–Crippen MR) is 118 cm³/mol. The van der Waals surface area contributed by atoms with Gasteiger partial charge >= 0.3 is 0 Å². The first kappa shape index (κ1) is 19.8. The Morgan fingerprint density at radius 3 is 2.33 bits per heavy atom. The van der Waals surface area contributed by atoms with E-state index < -0.39 is 15.7 Å². The molecule has 3 aromatic carbocycles. The molecule has 1 heterocycles. The molecule has 4 rings (SSSR count). The van der Waals surface area contributed by atoms with Crippen molar-refractivity contribution < 1.29 is 13.2 Å². The number of fused-ring (bicyclic) bond motifs is 1. The van der Waals surface area contributed by atoms with Gasteiger partial charge in [0, 0.05) is 12.1 Å². The highest BCUT2D eigenvalue weighted by molar-refractivity contribution is 7.91. The van der Waals surface area contributed by atoms with Gasteiger partial charge < -0.3 is 0 Å². The number of para-hydroxylation sites is 3. The standard InChI is InChI=1S/C23H21N3O3S/c1-17-11-13-19(14-12-17)30(28,29)16-15-22(27)25-23-24-20-9-5-6-10-21(20)26(23)18-7-3-2-4-8-18/h2-14H,15-16H2,1H3,(H,24,25,27). The van der Waals surface area contributed by atoms with Gasteiger partial charge in [-0.1, -0.05) is 48.0 Å². The normalized spacial score (nSPS) is 11.5. The van der Waals surface area contributed by atoms with E-state index in [1.165, 1.54) is 0 Å². The van der Waals surface area contributed by atoms with Crippen LogP contribution in [-0.4, -0.2) is 29.6 Å². The minimum Gasteiger partial charge on any atom is -0.296 e. The first-order valence-corrected chi connectivity index (χ1v) is 11.2. The molecule has 0 fully saturated rings. The van der Waals surface area contributed by atoms with E-state index in [1.54, 1.807) is 24.3 Å². The van der Waals surface area contributed by atoms with Crippen LogP contribution in [-0.2, 0) is 14.6 Å². The molecule has 6 nitrogen and oxygen atoms in total. The minimum atomic E-state index is -3.54. The van der Waals surface area contributed by atoms with Crippen molar-refractivity contribution >= 4 is 32.7 Å². The van der Waals surface area contributed by atoms with Gasteiger partial charge in [0.1, 0.15) is 0 Å². The lowest BCUT2D eigenvalue weighted by atomic mass is 10.2. The molecule has 1 aromatic heterocycles. The minimum absolute atomic E-state index is 0.159. The van der Waals surface area contributed by atoms with Gasteiger partial charge in [-0.15, -0.1) is 0 Å². The van der Waals surface area contributed by atoms with Crippen molar-refractivity contribution in [2.24, 2.45) is 0 Å². The monoisotopic (exact) mass is 419 g/mol.